The molecule has 0 aromatic carbocycles. The lowest BCUT2D eigenvalue weighted by Gasteiger charge is -2.29. The Bertz CT molecular complexity index is 838. The molecule has 5 atom stereocenters. The van der Waals surface area contributed by atoms with Crippen LogP contribution >= 0.6 is 0 Å². The molecule has 33 heavy (non-hydrogen) atoms. The summed E-state index contributed by atoms with van der Waals surface area (Å²) >= 11 is 0. The molecule has 1 aromatic rings. The van der Waals surface area contributed by atoms with Crippen molar-refractivity contribution in [3.63, 3.8) is 0 Å². The Morgan fingerprint density at radius 2 is 2.03 bits per heavy atom. The van der Waals surface area contributed by atoms with Gasteiger partial charge in [-0.05, 0) is 38.1 Å². The molecular weight excluding hydrogens is 428 g/mol. The van der Waals surface area contributed by atoms with Crippen LogP contribution in [-0.4, -0.2) is 80.9 Å². The van der Waals surface area contributed by atoms with Crippen LogP contribution in [0.2, 0.25) is 0 Å². The Balaban J connectivity index is 1.72. The number of nitrogens with zero attached hydrogens (tertiary/aromatic N) is 2. The Kier molecular flexibility index (Phi) is 8.43. The van der Waals surface area contributed by atoms with Crippen LogP contribution in [0.15, 0.2) is 12.5 Å². The molecule has 11 heteroatoms. The van der Waals surface area contributed by atoms with Gasteiger partial charge in [0, 0.05) is 24.9 Å². The van der Waals surface area contributed by atoms with E-state index in [4.69, 9.17) is 0 Å². The van der Waals surface area contributed by atoms with Crippen molar-refractivity contribution in [3.05, 3.63) is 18.2 Å². The summed E-state index contributed by atoms with van der Waals surface area (Å²) in [6.45, 7) is 4.89. The third kappa shape index (κ3) is 6.10. The lowest BCUT2D eigenvalue weighted by molar-refractivity contribution is -0.144. The normalized spacial score (nSPS) is 23.0. The van der Waals surface area contributed by atoms with Gasteiger partial charge in [-0.3, -0.25) is 14.4 Å². The van der Waals surface area contributed by atoms with E-state index in [2.05, 4.69) is 25.9 Å². The molecule has 1 aromatic heterocycles. The molecule has 3 rings (SSSR count). The summed E-state index contributed by atoms with van der Waals surface area (Å²) in [5.74, 6) is -2.48. The highest BCUT2D eigenvalue weighted by molar-refractivity contribution is 5.94. The van der Waals surface area contributed by atoms with E-state index in [9.17, 15) is 24.3 Å². The van der Waals surface area contributed by atoms with Gasteiger partial charge in [-0.25, -0.2) is 9.78 Å². The molecule has 0 saturated carbocycles. The lowest BCUT2D eigenvalue weighted by Crippen LogP contribution is -2.57. The molecule has 0 radical (unpaired) electrons. The second kappa shape index (κ2) is 11.3. The summed E-state index contributed by atoms with van der Waals surface area (Å²) in [5.41, 5.74) is 0.625. The van der Waals surface area contributed by atoms with Crippen LogP contribution in [0.4, 0.5) is 0 Å². The van der Waals surface area contributed by atoms with Crippen molar-refractivity contribution >= 4 is 23.7 Å². The van der Waals surface area contributed by atoms with Crippen molar-refractivity contribution in [2.45, 2.75) is 76.5 Å². The maximum absolute atomic E-state index is 13.2. The highest BCUT2D eigenvalue weighted by atomic mass is 16.4. The number of H-pyrrole nitrogens is 1. The van der Waals surface area contributed by atoms with Crippen LogP contribution in [0.1, 0.15) is 51.6 Å². The van der Waals surface area contributed by atoms with E-state index in [1.807, 2.05) is 6.92 Å². The van der Waals surface area contributed by atoms with Gasteiger partial charge in [0.15, 0.2) is 0 Å². The van der Waals surface area contributed by atoms with Crippen LogP contribution < -0.4 is 16.0 Å². The average molecular weight is 463 g/mol. The van der Waals surface area contributed by atoms with Crippen LogP contribution in [0.25, 0.3) is 0 Å². The highest BCUT2D eigenvalue weighted by Gasteiger charge is 2.39. The van der Waals surface area contributed by atoms with Crippen molar-refractivity contribution in [2.24, 2.45) is 5.92 Å². The zero-order chi connectivity index (χ0) is 24.0. The van der Waals surface area contributed by atoms with Crippen LogP contribution in [0, 0.1) is 5.92 Å². The molecule has 3 heterocycles. The van der Waals surface area contributed by atoms with E-state index in [1.54, 1.807) is 18.0 Å². The summed E-state index contributed by atoms with van der Waals surface area (Å²) in [6, 6.07) is -3.00. The summed E-state index contributed by atoms with van der Waals surface area (Å²) < 4.78 is 0. The molecule has 5 N–H and O–H groups in total. The van der Waals surface area contributed by atoms with Gasteiger partial charge in [-0.2, -0.15) is 0 Å². The molecule has 0 bridgehead atoms. The number of aromatic nitrogens is 2. The molecule has 2 aliphatic rings. The van der Waals surface area contributed by atoms with E-state index in [-0.39, 0.29) is 24.3 Å². The van der Waals surface area contributed by atoms with Crippen molar-refractivity contribution in [3.8, 4) is 0 Å². The molecular formula is C22H34N6O5. The number of aromatic amines is 1. The van der Waals surface area contributed by atoms with Gasteiger partial charge in [0.1, 0.15) is 18.1 Å². The fourth-order valence-corrected chi connectivity index (χ4v) is 4.43. The van der Waals surface area contributed by atoms with E-state index < -0.39 is 35.9 Å². The SMILES string of the molecule is CCC(C)C(NC(=O)C(Cc1cnc[nH]1)NC(=O)C1CCCN1C(=O)C1CCCN1)C(=O)O. The largest absolute Gasteiger partial charge is 0.480 e. The van der Waals surface area contributed by atoms with Gasteiger partial charge in [-0.15, -0.1) is 0 Å². The number of carboxylic acids is 1. The zero-order valence-electron chi connectivity index (χ0n) is 19.2. The van der Waals surface area contributed by atoms with Gasteiger partial charge in [0.2, 0.25) is 17.7 Å². The predicted octanol–water partition coefficient (Wildman–Crippen LogP) is -0.204. The number of nitrogens with one attached hydrogen (secondary N) is 4. The Labute approximate surface area is 193 Å². The third-order valence-electron chi connectivity index (χ3n) is 6.59. The van der Waals surface area contributed by atoms with Gasteiger partial charge in [0.25, 0.3) is 0 Å². The summed E-state index contributed by atoms with van der Waals surface area (Å²) in [6.07, 6.45) is 6.62. The smallest absolute Gasteiger partial charge is 0.326 e. The van der Waals surface area contributed by atoms with E-state index in [0.717, 1.165) is 19.4 Å². The number of hydrogen-bond acceptors (Lipinski definition) is 6. The number of aliphatic carboxylic acids is 1. The predicted molar refractivity (Wildman–Crippen MR) is 119 cm³/mol. The average Bonchev–Trinajstić information content (AvgIpc) is 3.57. The number of amides is 3. The number of hydrogen-bond donors (Lipinski definition) is 5. The topological polar surface area (TPSA) is 157 Å². The Hall–Kier alpha value is -2.95. The summed E-state index contributed by atoms with van der Waals surface area (Å²) in [4.78, 5) is 59.3. The Morgan fingerprint density at radius 1 is 1.24 bits per heavy atom. The fourth-order valence-electron chi connectivity index (χ4n) is 4.43. The van der Waals surface area contributed by atoms with E-state index in [1.165, 1.54) is 6.33 Å². The first-order valence-electron chi connectivity index (χ1n) is 11.7. The van der Waals surface area contributed by atoms with Gasteiger partial charge >= 0.3 is 5.97 Å². The number of carboxylic acid groups (broad SMARTS) is 1. The standard InChI is InChI=1S/C22H34N6O5/c1-3-13(2)18(22(32)33)27-19(29)16(10-14-11-23-12-25-14)26-20(30)17-7-5-9-28(17)21(31)15-6-4-8-24-15/h11-13,15-18,24H,3-10H2,1-2H3,(H,23,25)(H,26,30)(H,27,29)(H,32,33). The molecule has 2 aliphatic heterocycles. The van der Waals surface area contributed by atoms with E-state index >= 15 is 0 Å². The Morgan fingerprint density at radius 3 is 2.64 bits per heavy atom. The zero-order valence-corrected chi connectivity index (χ0v) is 19.2. The fraction of sp³-hybridized carbons (Fsp3) is 0.682. The number of likely N-dealkylation sites (tertiary alicyclic amines) is 1. The quantitative estimate of drug-likeness (QED) is 0.322. The summed E-state index contributed by atoms with van der Waals surface area (Å²) in [5, 5.41) is 18.1. The summed E-state index contributed by atoms with van der Waals surface area (Å²) in [7, 11) is 0. The first-order chi connectivity index (χ1) is 15.8. The molecule has 0 aliphatic carbocycles. The van der Waals surface area contributed by atoms with Gasteiger partial charge in [-0.1, -0.05) is 20.3 Å². The first kappa shape index (κ1) is 24.7. The molecule has 2 saturated heterocycles. The number of carbonyl (C=O) groups is 4. The minimum atomic E-state index is -1.12. The molecule has 5 unspecified atom stereocenters. The lowest BCUT2D eigenvalue weighted by atomic mass is 9.98. The maximum atomic E-state index is 13.2. The van der Waals surface area contributed by atoms with Crippen molar-refractivity contribution in [1.82, 2.24) is 30.8 Å². The minimum Gasteiger partial charge on any atom is -0.480 e. The third-order valence-corrected chi connectivity index (χ3v) is 6.59. The van der Waals surface area contributed by atoms with Gasteiger partial charge in [0.05, 0.1) is 12.4 Å². The van der Waals surface area contributed by atoms with Crippen molar-refractivity contribution < 1.29 is 24.3 Å². The van der Waals surface area contributed by atoms with E-state index in [0.29, 0.717) is 31.5 Å². The van der Waals surface area contributed by atoms with Crippen molar-refractivity contribution in [2.75, 3.05) is 13.1 Å². The monoisotopic (exact) mass is 462 g/mol. The molecule has 0 spiro atoms. The molecule has 182 valence electrons. The van der Waals surface area contributed by atoms with Gasteiger partial charge < -0.3 is 30.9 Å². The van der Waals surface area contributed by atoms with Crippen LogP contribution in [-0.2, 0) is 25.6 Å². The first-order valence-corrected chi connectivity index (χ1v) is 11.7. The maximum Gasteiger partial charge on any atom is 0.326 e. The second-order valence-corrected chi connectivity index (χ2v) is 8.89. The van der Waals surface area contributed by atoms with Crippen LogP contribution in [0.5, 0.6) is 0 Å². The number of rotatable bonds is 10. The highest BCUT2D eigenvalue weighted by Crippen LogP contribution is 2.21. The molecule has 11 nitrogen and oxygen atoms in total. The minimum absolute atomic E-state index is 0.0811. The molecule has 3 amide bonds. The van der Waals surface area contributed by atoms with Crippen molar-refractivity contribution in [1.29, 1.82) is 0 Å². The van der Waals surface area contributed by atoms with Crippen LogP contribution in [0.3, 0.4) is 0 Å². The second-order valence-electron chi connectivity index (χ2n) is 8.89. The number of imidazole rings is 1. The molecule has 2 fully saturated rings. The number of carbonyl (C=O) groups excluding carboxylic acids is 3.